The van der Waals surface area contributed by atoms with Crippen LogP contribution in [0.25, 0.3) is 5.69 Å². The molecule has 0 unspecified atom stereocenters. The number of nitrogens with two attached hydrogens (primary N) is 1. The summed E-state index contributed by atoms with van der Waals surface area (Å²) in [6, 6.07) is 9.13. The Morgan fingerprint density at radius 2 is 2.14 bits per heavy atom. The van der Waals surface area contributed by atoms with E-state index < -0.39 is 0 Å². The van der Waals surface area contributed by atoms with E-state index in [4.69, 9.17) is 5.73 Å². The van der Waals surface area contributed by atoms with Gasteiger partial charge < -0.3 is 16.0 Å². The zero-order valence-electron chi connectivity index (χ0n) is 11.7. The molecule has 0 saturated carbocycles. The van der Waals surface area contributed by atoms with Gasteiger partial charge in [-0.2, -0.15) is 4.68 Å². The summed E-state index contributed by atoms with van der Waals surface area (Å²) >= 11 is 0. The second-order valence-corrected chi connectivity index (χ2v) is 5.00. The van der Waals surface area contributed by atoms with Crippen LogP contribution >= 0.6 is 0 Å². The van der Waals surface area contributed by atoms with Gasteiger partial charge in [0.05, 0.1) is 5.69 Å². The van der Waals surface area contributed by atoms with Crippen LogP contribution < -0.4 is 16.0 Å². The maximum atomic E-state index is 12.0. The Bertz CT molecular complexity index is 626. The highest BCUT2D eigenvalue weighted by atomic mass is 16.2. The molecule has 8 heteroatoms. The first-order valence-electron chi connectivity index (χ1n) is 6.78. The molecule has 3 rings (SSSR count). The number of amides is 1. The number of tetrazole rings is 1. The van der Waals surface area contributed by atoms with Gasteiger partial charge in [-0.1, -0.05) is 23.3 Å². The highest BCUT2D eigenvalue weighted by Gasteiger charge is 2.37. The number of likely N-dealkylation sites (N-methyl/N-ethyl adjacent to an activating group) is 1. The Hall–Kier alpha value is -2.48. The summed E-state index contributed by atoms with van der Waals surface area (Å²) in [7, 11) is 1.62. The van der Waals surface area contributed by atoms with Gasteiger partial charge in [-0.05, 0) is 29.0 Å². The van der Waals surface area contributed by atoms with E-state index in [9.17, 15) is 4.79 Å². The van der Waals surface area contributed by atoms with Crippen molar-refractivity contribution < 1.29 is 4.79 Å². The topological polar surface area (TPSA) is 102 Å². The Morgan fingerprint density at radius 3 is 2.86 bits per heavy atom. The minimum absolute atomic E-state index is 0.0757. The number of carbonyl (C=O) groups is 1. The highest BCUT2D eigenvalue weighted by Crippen LogP contribution is 2.24. The van der Waals surface area contributed by atoms with Crippen LogP contribution in [-0.4, -0.2) is 51.8 Å². The van der Waals surface area contributed by atoms with Crippen molar-refractivity contribution in [2.24, 2.45) is 5.73 Å². The first-order valence-corrected chi connectivity index (χ1v) is 6.78. The average molecular weight is 287 g/mol. The predicted molar refractivity (Wildman–Crippen MR) is 76.9 cm³/mol. The zero-order chi connectivity index (χ0) is 14.8. The summed E-state index contributed by atoms with van der Waals surface area (Å²) in [6.45, 7) is 0.547. The molecule has 1 aliphatic rings. The minimum Gasteiger partial charge on any atom is -0.357 e. The maximum absolute atomic E-state index is 12.0. The predicted octanol–water partition coefficient (Wildman–Crippen LogP) is -0.686. The fraction of sp³-hybridized carbons (Fsp3) is 0.385. The summed E-state index contributed by atoms with van der Waals surface area (Å²) in [4.78, 5) is 13.9. The standard InChI is InChI=1S/C13H17N7O/c1-15-12(21)11-7-9(14)8-19(11)13-16-17-18-20(13)10-5-3-2-4-6-10/h2-6,9,11H,7-8,14H2,1H3,(H,15,21)/t9-,11+/m1/s1. The maximum Gasteiger partial charge on any atom is 0.251 e. The van der Waals surface area contributed by atoms with E-state index in [0.29, 0.717) is 18.9 Å². The Kier molecular flexibility index (Phi) is 3.53. The molecule has 1 aromatic carbocycles. The number of carbonyl (C=O) groups excluding carboxylic acids is 1. The zero-order valence-corrected chi connectivity index (χ0v) is 11.7. The lowest BCUT2D eigenvalue weighted by molar-refractivity contribution is -0.121. The summed E-state index contributed by atoms with van der Waals surface area (Å²) in [5, 5.41) is 14.5. The van der Waals surface area contributed by atoms with Crippen molar-refractivity contribution in [1.29, 1.82) is 0 Å². The van der Waals surface area contributed by atoms with Gasteiger partial charge in [0, 0.05) is 19.6 Å². The van der Waals surface area contributed by atoms with Gasteiger partial charge in [-0.15, -0.1) is 0 Å². The third-order valence-corrected chi connectivity index (χ3v) is 3.59. The average Bonchev–Trinajstić information content (AvgIpc) is 3.13. The van der Waals surface area contributed by atoms with Gasteiger partial charge in [0.2, 0.25) is 5.91 Å². The smallest absolute Gasteiger partial charge is 0.251 e. The van der Waals surface area contributed by atoms with Crippen molar-refractivity contribution in [2.75, 3.05) is 18.5 Å². The third-order valence-electron chi connectivity index (χ3n) is 3.59. The van der Waals surface area contributed by atoms with Crippen LogP contribution in [0.3, 0.4) is 0 Å². The van der Waals surface area contributed by atoms with Gasteiger partial charge in [0.1, 0.15) is 6.04 Å². The molecule has 21 heavy (non-hydrogen) atoms. The van der Waals surface area contributed by atoms with Crippen LogP contribution in [0.4, 0.5) is 5.95 Å². The lowest BCUT2D eigenvalue weighted by Crippen LogP contribution is -2.43. The van der Waals surface area contributed by atoms with Crippen molar-refractivity contribution in [3.63, 3.8) is 0 Å². The van der Waals surface area contributed by atoms with Gasteiger partial charge in [-0.3, -0.25) is 4.79 Å². The van der Waals surface area contributed by atoms with E-state index >= 15 is 0 Å². The van der Waals surface area contributed by atoms with Gasteiger partial charge in [-0.25, -0.2) is 0 Å². The van der Waals surface area contributed by atoms with Crippen molar-refractivity contribution in [3.8, 4) is 5.69 Å². The van der Waals surface area contributed by atoms with E-state index in [-0.39, 0.29) is 18.0 Å². The first kappa shape index (κ1) is 13.5. The summed E-state index contributed by atoms with van der Waals surface area (Å²) in [6.07, 6.45) is 0.585. The van der Waals surface area contributed by atoms with Crippen LogP contribution in [-0.2, 0) is 4.79 Å². The normalized spacial score (nSPS) is 21.5. The van der Waals surface area contributed by atoms with Crippen LogP contribution in [0.5, 0.6) is 0 Å². The number of hydrogen-bond donors (Lipinski definition) is 2. The van der Waals surface area contributed by atoms with E-state index in [1.807, 2.05) is 35.2 Å². The molecule has 2 heterocycles. The molecule has 2 aromatic rings. The van der Waals surface area contributed by atoms with Crippen LogP contribution in [0.15, 0.2) is 30.3 Å². The number of nitrogens with one attached hydrogen (secondary N) is 1. The molecule has 3 N–H and O–H groups in total. The second-order valence-electron chi connectivity index (χ2n) is 5.00. The molecule has 8 nitrogen and oxygen atoms in total. The van der Waals surface area contributed by atoms with Crippen molar-refractivity contribution in [3.05, 3.63) is 30.3 Å². The number of aromatic nitrogens is 4. The van der Waals surface area contributed by atoms with Crippen LogP contribution in [0.2, 0.25) is 0 Å². The SMILES string of the molecule is CNC(=O)[C@@H]1C[C@@H](N)CN1c1nnnn1-c1ccccc1. The van der Waals surface area contributed by atoms with Crippen LogP contribution in [0, 0.1) is 0 Å². The Labute approximate surface area is 121 Å². The summed E-state index contributed by atoms with van der Waals surface area (Å²) < 4.78 is 1.62. The van der Waals surface area contributed by atoms with E-state index in [1.165, 1.54) is 0 Å². The molecule has 1 amide bonds. The lowest BCUT2D eigenvalue weighted by Gasteiger charge is -2.23. The Morgan fingerprint density at radius 1 is 1.38 bits per heavy atom. The number of nitrogens with zero attached hydrogens (tertiary/aromatic N) is 5. The van der Waals surface area contributed by atoms with Crippen molar-refractivity contribution >= 4 is 11.9 Å². The van der Waals surface area contributed by atoms with E-state index in [0.717, 1.165) is 5.69 Å². The molecule has 0 aliphatic carbocycles. The van der Waals surface area contributed by atoms with E-state index in [2.05, 4.69) is 20.8 Å². The number of rotatable bonds is 3. The Balaban J connectivity index is 1.97. The highest BCUT2D eigenvalue weighted by molar-refractivity contribution is 5.85. The molecule has 0 radical (unpaired) electrons. The summed E-state index contributed by atoms with van der Waals surface area (Å²) in [5.74, 6) is 0.452. The number of hydrogen-bond acceptors (Lipinski definition) is 6. The van der Waals surface area contributed by atoms with E-state index in [1.54, 1.807) is 11.7 Å². The van der Waals surface area contributed by atoms with Gasteiger partial charge in [0.25, 0.3) is 5.95 Å². The molecule has 0 bridgehead atoms. The third kappa shape index (κ3) is 2.45. The molecule has 1 saturated heterocycles. The number of benzene rings is 1. The second kappa shape index (κ2) is 5.49. The molecular weight excluding hydrogens is 270 g/mol. The quantitative estimate of drug-likeness (QED) is 0.775. The number of para-hydroxylation sites is 1. The molecule has 1 aromatic heterocycles. The van der Waals surface area contributed by atoms with Gasteiger partial charge in [0.15, 0.2) is 0 Å². The molecular formula is C13H17N7O. The fourth-order valence-corrected chi connectivity index (χ4v) is 2.60. The molecule has 110 valence electrons. The molecule has 0 spiro atoms. The van der Waals surface area contributed by atoms with Crippen LogP contribution in [0.1, 0.15) is 6.42 Å². The van der Waals surface area contributed by atoms with Crippen molar-refractivity contribution in [1.82, 2.24) is 25.5 Å². The largest absolute Gasteiger partial charge is 0.357 e. The first-order chi connectivity index (χ1) is 10.2. The molecule has 1 fully saturated rings. The minimum atomic E-state index is -0.349. The summed E-state index contributed by atoms with van der Waals surface area (Å²) in [5.41, 5.74) is 6.84. The van der Waals surface area contributed by atoms with Crippen molar-refractivity contribution in [2.45, 2.75) is 18.5 Å². The van der Waals surface area contributed by atoms with Gasteiger partial charge >= 0.3 is 0 Å². The molecule has 2 atom stereocenters. The lowest BCUT2D eigenvalue weighted by atomic mass is 10.2. The molecule has 1 aliphatic heterocycles. The number of anilines is 1. The monoisotopic (exact) mass is 287 g/mol. The fourth-order valence-electron chi connectivity index (χ4n) is 2.60.